The fourth-order valence-corrected chi connectivity index (χ4v) is 2.57. The van der Waals surface area contributed by atoms with E-state index in [1.807, 2.05) is 12.1 Å². The molecule has 1 fully saturated rings. The van der Waals surface area contributed by atoms with Crippen molar-refractivity contribution in [2.45, 2.75) is 25.7 Å². The summed E-state index contributed by atoms with van der Waals surface area (Å²) >= 11 is 0. The highest BCUT2D eigenvalue weighted by molar-refractivity contribution is 5.66. The second-order valence-corrected chi connectivity index (χ2v) is 4.94. The molecule has 1 unspecified atom stereocenters. The summed E-state index contributed by atoms with van der Waals surface area (Å²) in [6, 6.07) is 3.90. The number of carboxylic acid groups (broad SMARTS) is 1. The molecule has 0 aliphatic carbocycles. The Hall–Kier alpha value is -1.78. The molecule has 104 valence electrons. The van der Waals surface area contributed by atoms with Gasteiger partial charge in [-0.15, -0.1) is 0 Å². The molecule has 0 amide bonds. The lowest BCUT2D eigenvalue weighted by Crippen LogP contribution is -2.35. The first-order valence-electron chi connectivity index (χ1n) is 6.66. The highest BCUT2D eigenvalue weighted by Crippen LogP contribution is 2.27. The lowest BCUT2D eigenvalue weighted by Gasteiger charge is -2.34. The van der Waals surface area contributed by atoms with Crippen LogP contribution in [0.4, 0.5) is 5.69 Å². The molecule has 1 saturated heterocycles. The number of rotatable bonds is 5. The van der Waals surface area contributed by atoms with Crippen molar-refractivity contribution >= 4 is 11.7 Å². The number of piperidine rings is 1. The third-order valence-electron chi connectivity index (χ3n) is 3.58. The minimum atomic E-state index is -0.706. The first-order chi connectivity index (χ1) is 9.19. The standard InChI is InChI=1S/C14H20N2O3/c1-19-13-9-12(6-7-15-13)16-8-2-3-11(10-16)4-5-14(17)18/h6-7,9,11H,2-5,8,10H2,1H3,(H,17,18). The lowest BCUT2D eigenvalue weighted by molar-refractivity contribution is -0.137. The topological polar surface area (TPSA) is 62.7 Å². The largest absolute Gasteiger partial charge is 0.481 e. The number of carboxylic acids is 1. The Morgan fingerprint density at radius 2 is 2.47 bits per heavy atom. The molecule has 2 rings (SSSR count). The molecule has 0 radical (unpaired) electrons. The quantitative estimate of drug-likeness (QED) is 0.883. The third kappa shape index (κ3) is 3.84. The van der Waals surface area contributed by atoms with Gasteiger partial charge >= 0.3 is 5.97 Å². The number of aromatic nitrogens is 1. The van der Waals surface area contributed by atoms with Gasteiger partial charge < -0.3 is 14.7 Å². The highest BCUT2D eigenvalue weighted by Gasteiger charge is 2.21. The average Bonchev–Trinajstić information content (AvgIpc) is 2.45. The number of anilines is 1. The van der Waals surface area contributed by atoms with Gasteiger partial charge in [-0.25, -0.2) is 4.98 Å². The summed E-state index contributed by atoms with van der Waals surface area (Å²) in [7, 11) is 1.61. The maximum Gasteiger partial charge on any atom is 0.303 e. The molecule has 1 aromatic rings. The van der Waals surface area contributed by atoms with E-state index < -0.39 is 5.97 Å². The fourth-order valence-electron chi connectivity index (χ4n) is 2.57. The van der Waals surface area contributed by atoms with Gasteiger partial charge in [0.15, 0.2) is 0 Å². The van der Waals surface area contributed by atoms with Crippen LogP contribution in [0.2, 0.25) is 0 Å². The van der Waals surface area contributed by atoms with Crippen LogP contribution in [0, 0.1) is 5.92 Å². The third-order valence-corrected chi connectivity index (χ3v) is 3.58. The van der Waals surface area contributed by atoms with E-state index in [2.05, 4.69) is 9.88 Å². The Labute approximate surface area is 113 Å². The number of ether oxygens (including phenoxy) is 1. The number of methoxy groups -OCH3 is 1. The van der Waals surface area contributed by atoms with E-state index in [1.165, 1.54) is 0 Å². The smallest absolute Gasteiger partial charge is 0.303 e. The molecule has 19 heavy (non-hydrogen) atoms. The molecule has 5 nitrogen and oxygen atoms in total. The first kappa shape index (κ1) is 13.6. The van der Waals surface area contributed by atoms with E-state index in [1.54, 1.807) is 13.3 Å². The molecule has 0 saturated carbocycles. The normalized spacial score (nSPS) is 19.2. The van der Waals surface area contributed by atoms with Crippen molar-refractivity contribution in [2.24, 2.45) is 5.92 Å². The summed E-state index contributed by atoms with van der Waals surface area (Å²) in [5.74, 6) is 0.372. The molecule has 1 aliphatic rings. The predicted molar refractivity (Wildman–Crippen MR) is 72.6 cm³/mol. The Morgan fingerprint density at radius 3 is 3.21 bits per heavy atom. The number of hydrogen-bond acceptors (Lipinski definition) is 4. The summed E-state index contributed by atoms with van der Waals surface area (Å²) in [5.41, 5.74) is 1.10. The summed E-state index contributed by atoms with van der Waals surface area (Å²) in [4.78, 5) is 17.0. The van der Waals surface area contributed by atoms with Gasteiger partial charge in [-0.1, -0.05) is 0 Å². The van der Waals surface area contributed by atoms with Gasteiger partial charge in [0, 0.05) is 37.5 Å². The van der Waals surface area contributed by atoms with E-state index in [0.717, 1.165) is 38.0 Å². The Kier molecular flexibility index (Phi) is 4.60. The van der Waals surface area contributed by atoms with Crippen LogP contribution >= 0.6 is 0 Å². The molecular weight excluding hydrogens is 244 g/mol. The van der Waals surface area contributed by atoms with Gasteiger partial charge in [-0.3, -0.25) is 4.79 Å². The van der Waals surface area contributed by atoms with Crippen molar-refractivity contribution in [3.63, 3.8) is 0 Å². The zero-order chi connectivity index (χ0) is 13.7. The van der Waals surface area contributed by atoms with Crippen LogP contribution in [0.5, 0.6) is 5.88 Å². The molecule has 1 N–H and O–H groups in total. The zero-order valence-corrected chi connectivity index (χ0v) is 11.2. The monoisotopic (exact) mass is 264 g/mol. The minimum absolute atomic E-state index is 0.262. The van der Waals surface area contributed by atoms with Gasteiger partial charge in [0.2, 0.25) is 5.88 Å². The first-order valence-corrected chi connectivity index (χ1v) is 6.66. The predicted octanol–water partition coefficient (Wildman–Crippen LogP) is 2.17. The van der Waals surface area contributed by atoms with Crippen molar-refractivity contribution in [1.29, 1.82) is 0 Å². The van der Waals surface area contributed by atoms with Gasteiger partial charge in [0.05, 0.1) is 7.11 Å². The summed E-state index contributed by atoms with van der Waals surface area (Å²) in [6.07, 6.45) is 4.99. The van der Waals surface area contributed by atoms with E-state index in [9.17, 15) is 4.79 Å². The van der Waals surface area contributed by atoms with Crippen LogP contribution in [0.15, 0.2) is 18.3 Å². The minimum Gasteiger partial charge on any atom is -0.481 e. The summed E-state index contributed by atoms with van der Waals surface area (Å²) in [5, 5.41) is 8.76. The van der Waals surface area contributed by atoms with Crippen molar-refractivity contribution in [1.82, 2.24) is 4.98 Å². The molecular formula is C14H20N2O3. The van der Waals surface area contributed by atoms with Crippen LogP contribution in [0.25, 0.3) is 0 Å². The van der Waals surface area contributed by atoms with Crippen molar-refractivity contribution < 1.29 is 14.6 Å². The molecule has 0 spiro atoms. The van der Waals surface area contributed by atoms with Crippen LogP contribution in [-0.2, 0) is 4.79 Å². The maximum atomic E-state index is 10.6. The second kappa shape index (κ2) is 6.41. The van der Waals surface area contributed by atoms with E-state index in [-0.39, 0.29) is 6.42 Å². The highest BCUT2D eigenvalue weighted by atomic mass is 16.5. The van der Waals surface area contributed by atoms with Crippen molar-refractivity contribution in [3.05, 3.63) is 18.3 Å². The van der Waals surface area contributed by atoms with E-state index in [4.69, 9.17) is 9.84 Å². The molecule has 0 aromatic carbocycles. The number of hydrogen-bond donors (Lipinski definition) is 1. The van der Waals surface area contributed by atoms with Crippen molar-refractivity contribution in [3.8, 4) is 5.88 Å². The molecule has 2 heterocycles. The Bertz CT molecular complexity index is 436. The summed E-state index contributed by atoms with van der Waals surface area (Å²) in [6.45, 7) is 1.93. The zero-order valence-electron chi connectivity index (χ0n) is 11.2. The van der Waals surface area contributed by atoms with Gasteiger partial charge in [0.25, 0.3) is 0 Å². The molecule has 1 aromatic heterocycles. The molecule has 1 atom stereocenters. The van der Waals surface area contributed by atoms with Gasteiger partial charge in [-0.05, 0) is 31.2 Å². The Morgan fingerprint density at radius 1 is 1.63 bits per heavy atom. The van der Waals surface area contributed by atoms with Gasteiger partial charge in [-0.2, -0.15) is 0 Å². The van der Waals surface area contributed by atoms with E-state index >= 15 is 0 Å². The average molecular weight is 264 g/mol. The second-order valence-electron chi connectivity index (χ2n) is 4.94. The van der Waals surface area contributed by atoms with Crippen LogP contribution in [0.3, 0.4) is 0 Å². The molecule has 1 aliphatic heterocycles. The van der Waals surface area contributed by atoms with Crippen LogP contribution in [-0.4, -0.2) is 36.3 Å². The molecule has 5 heteroatoms. The van der Waals surface area contributed by atoms with Gasteiger partial charge in [0.1, 0.15) is 0 Å². The SMILES string of the molecule is COc1cc(N2CCCC(CCC(=O)O)C2)ccn1. The number of aliphatic carboxylic acids is 1. The lowest BCUT2D eigenvalue weighted by atomic mass is 9.93. The van der Waals surface area contributed by atoms with Crippen LogP contribution in [0.1, 0.15) is 25.7 Å². The maximum absolute atomic E-state index is 10.6. The molecule has 0 bridgehead atoms. The fraction of sp³-hybridized carbons (Fsp3) is 0.571. The van der Waals surface area contributed by atoms with Crippen LogP contribution < -0.4 is 9.64 Å². The van der Waals surface area contributed by atoms with E-state index in [0.29, 0.717) is 11.8 Å². The summed E-state index contributed by atoms with van der Waals surface area (Å²) < 4.78 is 5.14. The number of carbonyl (C=O) groups is 1. The number of nitrogens with zero attached hydrogens (tertiary/aromatic N) is 2. The Balaban J connectivity index is 1.97. The van der Waals surface area contributed by atoms with Crippen molar-refractivity contribution in [2.75, 3.05) is 25.1 Å². The number of pyridine rings is 1.